The van der Waals surface area contributed by atoms with Gasteiger partial charge in [-0.3, -0.25) is 4.98 Å². The van der Waals surface area contributed by atoms with E-state index >= 15 is 0 Å². The number of likely N-dealkylation sites (tertiary alicyclic amines) is 1. The topological polar surface area (TPSA) is 54.5 Å². The fourth-order valence-electron chi connectivity index (χ4n) is 2.93. The zero-order valence-electron chi connectivity index (χ0n) is 13.5. The van der Waals surface area contributed by atoms with Gasteiger partial charge in [-0.2, -0.15) is 0 Å². The van der Waals surface area contributed by atoms with Crippen molar-refractivity contribution >= 4 is 5.96 Å². The fourth-order valence-corrected chi connectivity index (χ4v) is 2.93. The summed E-state index contributed by atoms with van der Waals surface area (Å²) in [7, 11) is 0. The first-order chi connectivity index (χ1) is 11.3. The molecule has 0 saturated carbocycles. The van der Waals surface area contributed by atoms with Gasteiger partial charge in [-0.25, -0.2) is 4.99 Å². The second kappa shape index (κ2) is 7.77. The minimum atomic E-state index is 0.614. The van der Waals surface area contributed by atoms with Crippen molar-refractivity contribution in [2.75, 3.05) is 13.1 Å². The van der Waals surface area contributed by atoms with E-state index in [1.807, 2.05) is 24.4 Å². The highest BCUT2D eigenvalue weighted by Crippen LogP contribution is 2.18. The van der Waals surface area contributed by atoms with Crippen LogP contribution in [-0.2, 0) is 6.54 Å². The molecule has 2 heterocycles. The van der Waals surface area contributed by atoms with Crippen molar-refractivity contribution in [3.63, 3.8) is 0 Å². The molecule has 4 heteroatoms. The van der Waals surface area contributed by atoms with E-state index in [0.29, 0.717) is 12.5 Å². The summed E-state index contributed by atoms with van der Waals surface area (Å²) >= 11 is 0. The Balaban J connectivity index is 1.69. The molecule has 1 aromatic carbocycles. The lowest BCUT2D eigenvalue weighted by molar-refractivity contribution is 0.428. The van der Waals surface area contributed by atoms with Gasteiger partial charge in [-0.15, -0.1) is 0 Å². The number of rotatable bonds is 3. The van der Waals surface area contributed by atoms with Crippen LogP contribution in [0.1, 0.15) is 31.2 Å². The molecule has 120 valence electrons. The van der Waals surface area contributed by atoms with Crippen molar-refractivity contribution in [1.29, 1.82) is 0 Å². The monoisotopic (exact) mass is 308 g/mol. The van der Waals surface area contributed by atoms with Crippen LogP contribution in [0.2, 0.25) is 0 Å². The quantitative estimate of drug-likeness (QED) is 0.698. The Labute approximate surface area is 138 Å². The van der Waals surface area contributed by atoms with Gasteiger partial charge in [0.25, 0.3) is 0 Å². The SMILES string of the molecule is NC(=NCc1cccc(-c2ccccn2)c1)N1CCCCCC1. The van der Waals surface area contributed by atoms with Gasteiger partial charge >= 0.3 is 0 Å². The third-order valence-corrected chi connectivity index (χ3v) is 4.24. The average Bonchev–Trinajstić information content (AvgIpc) is 2.90. The van der Waals surface area contributed by atoms with Crippen LogP contribution in [0, 0.1) is 0 Å². The molecule has 2 N–H and O–H groups in total. The van der Waals surface area contributed by atoms with E-state index in [2.05, 4.69) is 39.1 Å². The van der Waals surface area contributed by atoms with Crippen molar-refractivity contribution < 1.29 is 0 Å². The summed E-state index contributed by atoms with van der Waals surface area (Å²) in [5, 5.41) is 0. The third kappa shape index (κ3) is 4.31. The Bertz CT molecular complexity index is 643. The number of guanidine groups is 1. The minimum Gasteiger partial charge on any atom is -0.370 e. The van der Waals surface area contributed by atoms with Gasteiger partial charge in [0, 0.05) is 24.8 Å². The van der Waals surface area contributed by atoms with Crippen LogP contribution in [0.3, 0.4) is 0 Å². The number of aromatic nitrogens is 1. The van der Waals surface area contributed by atoms with Crippen LogP contribution in [0.15, 0.2) is 53.7 Å². The van der Waals surface area contributed by atoms with Gasteiger partial charge < -0.3 is 10.6 Å². The largest absolute Gasteiger partial charge is 0.370 e. The first kappa shape index (κ1) is 15.5. The molecule has 4 nitrogen and oxygen atoms in total. The van der Waals surface area contributed by atoms with E-state index in [0.717, 1.165) is 29.9 Å². The first-order valence-corrected chi connectivity index (χ1v) is 8.38. The maximum Gasteiger partial charge on any atom is 0.191 e. The molecule has 3 rings (SSSR count). The predicted octanol–water partition coefficient (Wildman–Crippen LogP) is 3.44. The number of pyridine rings is 1. The summed E-state index contributed by atoms with van der Waals surface area (Å²) in [6.45, 7) is 2.68. The lowest BCUT2D eigenvalue weighted by Gasteiger charge is -2.21. The average molecular weight is 308 g/mol. The lowest BCUT2D eigenvalue weighted by atomic mass is 10.1. The Kier molecular flexibility index (Phi) is 5.25. The molecule has 1 saturated heterocycles. The summed E-state index contributed by atoms with van der Waals surface area (Å²) in [6, 6.07) is 14.3. The summed E-state index contributed by atoms with van der Waals surface area (Å²) in [4.78, 5) is 11.2. The normalized spacial score (nSPS) is 16.2. The van der Waals surface area contributed by atoms with Crippen LogP contribution < -0.4 is 5.73 Å². The molecule has 2 aromatic rings. The Morgan fingerprint density at radius 2 is 1.87 bits per heavy atom. The van der Waals surface area contributed by atoms with E-state index in [1.165, 1.54) is 25.7 Å². The standard InChI is InChI=1S/C19H24N4/c20-19(23-12-5-1-2-6-13-23)22-15-16-8-7-9-17(14-16)18-10-3-4-11-21-18/h3-4,7-11,14H,1-2,5-6,12-13,15H2,(H2,20,22). The van der Waals surface area contributed by atoms with Gasteiger partial charge in [0.15, 0.2) is 5.96 Å². The molecule has 1 aromatic heterocycles. The zero-order chi connectivity index (χ0) is 15.9. The van der Waals surface area contributed by atoms with Gasteiger partial charge in [-0.1, -0.05) is 37.1 Å². The molecule has 1 fully saturated rings. The Morgan fingerprint density at radius 3 is 2.61 bits per heavy atom. The van der Waals surface area contributed by atoms with E-state index in [-0.39, 0.29) is 0 Å². The highest BCUT2D eigenvalue weighted by Gasteiger charge is 2.10. The number of benzene rings is 1. The van der Waals surface area contributed by atoms with E-state index in [4.69, 9.17) is 5.73 Å². The van der Waals surface area contributed by atoms with Crippen LogP contribution in [-0.4, -0.2) is 28.9 Å². The van der Waals surface area contributed by atoms with Crippen LogP contribution in [0.25, 0.3) is 11.3 Å². The van der Waals surface area contributed by atoms with E-state index < -0.39 is 0 Å². The van der Waals surface area contributed by atoms with Crippen molar-refractivity contribution in [1.82, 2.24) is 9.88 Å². The molecule has 0 bridgehead atoms. The lowest BCUT2D eigenvalue weighted by Crippen LogP contribution is -2.38. The molecular weight excluding hydrogens is 284 g/mol. The van der Waals surface area contributed by atoms with Crippen LogP contribution in [0.5, 0.6) is 0 Å². The second-order valence-electron chi connectivity index (χ2n) is 5.99. The maximum atomic E-state index is 6.18. The molecule has 1 aliphatic heterocycles. The highest BCUT2D eigenvalue weighted by atomic mass is 15.2. The second-order valence-corrected chi connectivity index (χ2v) is 5.99. The zero-order valence-corrected chi connectivity index (χ0v) is 13.5. The van der Waals surface area contributed by atoms with Crippen molar-refractivity contribution in [2.24, 2.45) is 10.7 Å². The molecule has 0 radical (unpaired) electrons. The highest BCUT2D eigenvalue weighted by molar-refractivity contribution is 5.78. The molecule has 23 heavy (non-hydrogen) atoms. The number of hydrogen-bond acceptors (Lipinski definition) is 2. The van der Waals surface area contributed by atoms with Crippen molar-refractivity contribution in [3.8, 4) is 11.3 Å². The molecule has 0 amide bonds. The predicted molar refractivity (Wildman–Crippen MR) is 95.0 cm³/mol. The van der Waals surface area contributed by atoms with Crippen molar-refractivity contribution in [2.45, 2.75) is 32.2 Å². The van der Waals surface area contributed by atoms with E-state index in [1.54, 1.807) is 0 Å². The van der Waals surface area contributed by atoms with Crippen LogP contribution >= 0.6 is 0 Å². The Morgan fingerprint density at radius 1 is 1.04 bits per heavy atom. The van der Waals surface area contributed by atoms with Gasteiger partial charge in [-0.05, 0) is 36.6 Å². The fraction of sp³-hybridized carbons (Fsp3) is 0.368. The smallest absolute Gasteiger partial charge is 0.191 e. The molecule has 0 atom stereocenters. The third-order valence-electron chi connectivity index (χ3n) is 4.24. The molecule has 0 aliphatic carbocycles. The Hall–Kier alpha value is -2.36. The number of aliphatic imine (C=N–C) groups is 1. The minimum absolute atomic E-state index is 0.614. The number of nitrogens with two attached hydrogens (primary N) is 1. The number of nitrogens with zero attached hydrogens (tertiary/aromatic N) is 3. The van der Waals surface area contributed by atoms with Gasteiger partial charge in [0.1, 0.15) is 0 Å². The molecule has 0 unspecified atom stereocenters. The molecule has 1 aliphatic rings. The van der Waals surface area contributed by atoms with E-state index in [9.17, 15) is 0 Å². The summed E-state index contributed by atoms with van der Waals surface area (Å²) in [6.07, 6.45) is 6.85. The first-order valence-electron chi connectivity index (χ1n) is 8.38. The summed E-state index contributed by atoms with van der Waals surface area (Å²) < 4.78 is 0. The maximum absolute atomic E-state index is 6.18. The molecule has 0 spiro atoms. The molecular formula is C19H24N4. The number of hydrogen-bond donors (Lipinski definition) is 1. The van der Waals surface area contributed by atoms with Crippen LogP contribution in [0.4, 0.5) is 0 Å². The summed E-state index contributed by atoms with van der Waals surface area (Å²) in [5.41, 5.74) is 9.44. The van der Waals surface area contributed by atoms with Crippen molar-refractivity contribution in [3.05, 3.63) is 54.2 Å². The summed E-state index contributed by atoms with van der Waals surface area (Å²) in [5.74, 6) is 0.676. The van der Waals surface area contributed by atoms with Gasteiger partial charge in [0.05, 0.1) is 12.2 Å². The van der Waals surface area contributed by atoms with Gasteiger partial charge in [0.2, 0.25) is 0 Å².